The third-order valence-corrected chi connectivity index (χ3v) is 5.70. The van der Waals surface area contributed by atoms with Crippen LogP contribution in [0.25, 0.3) is 0 Å². The van der Waals surface area contributed by atoms with E-state index >= 15 is 0 Å². The number of amides is 1. The van der Waals surface area contributed by atoms with Gasteiger partial charge in [-0.15, -0.1) is 0 Å². The van der Waals surface area contributed by atoms with Gasteiger partial charge < -0.3 is 14.4 Å². The average Bonchev–Trinajstić information content (AvgIpc) is 3.10. The highest BCUT2D eigenvalue weighted by atomic mass is 35.5. The molecule has 2 aliphatic heterocycles. The molecule has 0 bridgehead atoms. The highest BCUT2D eigenvalue weighted by Crippen LogP contribution is 2.22. The lowest BCUT2D eigenvalue weighted by molar-refractivity contribution is 0.0741. The Morgan fingerprint density at radius 3 is 2.64 bits per heavy atom. The summed E-state index contributed by atoms with van der Waals surface area (Å²) in [5, 5.41) is 0.742. The van der Waals surface area contributed by atoms with E-state index in [1.807, 2.05) is 29.3 Å². The van der Waals surface area contributed by atoms with Crippen LogP contribution in [0.15, 0.2) is 30.5 Å². The number of imidazole rings is 1. The van der Waals surface area contributed by atoms with Gasteiger partial charge in [-0.2, -0.15) is 0 Å². The summed E-state index contributed by atoms with van der Waals surface area (Å²) >= 11 is 6.11. The van der Waals surface area contributed by atoms with Crippen molar-refractivity contribution in [3.05, 3.63) is 47.0 Å². The van der Waals surface area contributed by atoms with Crippen molar-refractivity contribution in [1.29, 1.82) is 0 Å². The van der Waals surface area contributed by atoms with Crippen molar-refractivity contribution in [2.24, 2.45) is 5.92 Å². The van der Waals surface area contributed by atoms with Crippen LogP contribution in [-0.2, 0) is 13.1 Å². The van der Waals surface area contributed by atoms with E-state index in [0.717, 1.165) is 55.8 Å². The number of aromatic nitrogens is 2. The first kappa shape index (κ1) is 19.3. The van der Waals surface area contributed by atoms with Crippen LogP contribution in [0.4, 0.5) is 5.69 Å². The molecule has 0 radical (unpaired) electrons. The minimum Gasteiger partial charge on any atom is -0.368 e. The fraction of sp³-hybridized carbons (Fsp3) is 0.524. The number of piperazine rings is 1. The molecule has 1 saturated heterocycles. The second-order valence-corrected chi connectivity index (χ2v) is 8.56. The van der Waals surface area contributed by atoms with E-state index in [0.29, 0.717) is 24.7 Å². The van der Waals surface area contributed by atoms with Crippen molar-refractivity contribution in [3.63, 3.8) is 0 Å². The molecule has 3 heterocycles. The van der Waals surface area contributed by atoms with Crippen LogP contribution in [0.3, 0.4) is 0 Å². The molecule has 0 spiro atoms. The van der Waals surface area contributed by atoms with E-state index in [4.69, 9.17) is 11.6 Å². The number of rotatable bonds is 4. The number of halogens is 1. The van der Waals surface area contributed by atoms with Gasteiger partial charge >= 0.3 is 0 Å². The molecular weight excluding hydrogens is 374 g/mol. The molecule has 2 aliphatic rings. The van der Waals surface area contributed by atoms with Gasteiger partial charge in [0.1, 0.15) is 11.5 Å². The van der Waals surface area contributed by atoms with Crippen LogP contribution in [0.2, 0.25) is 5.02 Å². The predicted octanol–water partition coefficient (Wildman–Crippen LogP) is 2.97. The maximum Gasteiger partial charge on any atom is 0.274 e. The van der Waals surface area contributed by atoms with Crippen molar-refractivity contribution in [2.75, 3.05) is 44.2 Å². The molecule has 7 heteroatoms. The summed E-state index contributed by atoms with van der Waals surface area (Å²) in [7, 11) is 0. The van der Waals surface area contributed by atoms with Crippen LogP contribution in [-0.4, -0.2) is 64.5 Å². The summed E-state index contributed by atoms with van der Waals surface area (Å²) in [6, 6.07) is 7.89. The van der Waals surface area contributed by atoms with Crippen molar-refractivity contribution >= 4 is 23.2 Å². The van der Waals surface area contributed by atoms with Gasteiger partial charge in [-0.25, -0.2) is 4.98 Å². The quantitative estimate of drug-likeness (QED) is 0.790. The molecular formula is C21H28ClN5O. The molecule has 0 aliphatic carbocycles. The Bertz CT molecular complexity index is 841. The SMILES string of the molecule is CC(C)CN1CCn2cc(C(=O)N3CCN(c4cccc(Cl)c4)CC3)nc2C1. The van der Waals surface area contributed by atoms with Gasteiger partial charge in [0, 0.05) is 62.7 Å². The van der Waals surface area contributed by atoms with Gasteiger partial charge in [0.15, 0.2) is 0 Å². The standard InChI is InChI=1S/C21H28ClN5O/c1-16(2)13-24-6-7-27-14-19(23-20(27)15-24)21(28)26-10-8-25(9-11-26)18-5-3-4-17(22)12-18/h3-5,12,14,16H,6-11,13,15H2,1-2H3. The van der Waals surface area contributed by atoms with Crippen LogP contribution in [0.5, 0.6) is 0 Å². The summed E-state index contributed by atoms with van der Waals surface area (Å²) in [5.41, 5.74) is 1.69. The van der Waals surface area contributed by atoms with Crippen molar-refractivity contribution < 1.29 is 4.79 Å². The first-order valence-corrected chi connectivity index (χ1v) is 10.5. The second kappa shape index (κ2) is 8.13. The highest BCUT2D eigenvalue weighted by Gasteiger charge is 2.26. The molecule has 1 amide bonds. The minimum atomic E-state index is 0.0445. The van der Waals surface area contributed by atoms with E-state index in [1.165, 1.54) is 0 Å². The molecule has 1 fully saturated rings. The zero-order valence-corrected chi connectivity index (χ0v) is 17.4. The summed E-state index contributed by atoms with van der Waals surface area (Å²) < 4.78 is 2.15. The highest BCUT2D eigenvalue weighted by molar-refractivity contribution is 6.30. The maximum absolute atomic E-state index is 13.0. The van der Waals surface area contributed by atoms with E-state index in [9.17, 15) is 4.79 Å². The van der Waals surface area contributed by atoms with Crippen molar-refractivity contribution in [3.8, 4) is 0 Å². The Morgan fingerprint density at radius 2 is 1.93 bits per heavy atom. The molecule has 1 aromatic carbocycles. The summed E-state index contributed by atoms with van der Waals surface area (Å²) in [4.78, 5) is 24.3. The van der Waals surface area contributed by atoms with Gasteiger partial charge in [0.05, 0.1) is 6.54 Å². The zero-order valence-electron chi connectivity index (χ0n) is 16.6. The van der Waals surface area contributed by atoms with Crippen LogP contribution in [0.1, 0.15) is 30.2 Å². The Balaban J connectivity index is 1.38. The smallest absolute Gasteiger partial charge is 0.274 e. The third-order valence-electron chi connectivity index (χ3n) is 5.46. The van der Waals surface area contributed by atoms with Gasteiger partial charge in [-0.05, 0) is 24.1 Å². The Kier molecular flexibility index (Phi) is 5.60. The van der Waals surface area contributed by atoms with E-state index in [1.54, 1.807) is 0 Å². The molecule has 2 aromatic rings. The number of anilines is 1. The van der Waals surface area contributed by atoms with Crippen LogP contribution in [0, 0.1) is 5.92 Å². The molecule has 4 rings (SSSR count). The number of hydrogen-bond donors (Lipinski definition) is 0. The lowest BCUT2D eigenvalue weighted by Gasteiger charge is -2.35. The third kappa shape index (κ3) is 4.18. The summed E-state index contributed by atoms with van der Waals surface area (Å²) in [5.74, 6) is 1.69. The lowest BCUT2D eigenvalue weighted by atomic mass is 10.2. The first-order chi connectivity index (χ1) is 13.5. The molecule has 150 valence electrons. The number of nitrogens with zero attached hydrogens (tertiary/aromatic N) is 5. The normalized spacial score (nSPS) is 17.9. The van der Waals surface area contributed by atoms with Crippen molar-refractivity contribution in [2.45, 2.75) is 26.9 Å². The predicted molar refractivity (Wildman–Crippen MR) is 112 cm³/mol. The van der Waals surface area contributed by atoms with Crippen LogP contribution >= 0.6 is 11.6 Å². The Morgan fingerprint density at radius 1 is 1.14 bits per heavy atom. The number of carbonyl (C=O) groups is 1. The molecule has 1 aromatic heterocycles. The maximum atomic E-state index is 13.0. The number of hydrogen-bond acceptors (Lipinski definition) is 4. The molecule has 28 heavy (non-hydrogen) atoms. The van der Waals surface area contributed by atoms with Gasteiger partial charge in [-0.3, -0.25) is 9.69 Å². The van der Waals surface area contributed by atoms with Crippen molar-refractivity contribution in [1.82, 2.24) is 19.4 Å². The fourth-order valence-corrected chi connectivity index (χ4v) is 4.26. The van der Waals surface area contributed by atoms with E-state index in [2.05, 4.69) is 39.3 Å². The molecule has 0 atom stereocenters. The molecule has 0 unspecified atom stereocenters. The van der Waals surface area contributed by atoms with E-state index < -0.39 is 0 Å². The lowest BCUT2D eigenvalue weighted by Crippen LogP contribution is -2.48. The molecule has 0 saturated carbocycles. The van der Waals surface area contributed by atoms with E-state index in [-0.39, 0.29) is 5.91 Å². The zero-order chi connectivity index (χ0) is 19.7. The monoisotopic (exact) mass is 401 g/mol. The minimum absolute atomic E-state index is 0.0445. The molecule has 0 N–H and O–H groups in total. The first-order valence-electron chi connectivity index (χ1n) is 10.1. The molecule has 6 nitrogen and oxygen atoms in total. The fourth-order valence-electron chi connectivity index (χ4n) is 4.08. The number of fused-ring (bicyclic) bond motifs is 1. The van der Waals surface area contributed by atoms with Gasteiger partial charge in [0.2, 0.25) is 0 Å². The number of carbonyl (C=O) groups excluding carboxylic acids is 1. The summed E-state index contributed by atoms with van der Waals surface area (Å²) in [6.07, 6.45) is 1.94. The van der Waals surface area contributed by atoms with Gasteiger partial charge in [-0.1, -0.05) is 31.5 Å². The number of benzene rings is 1. The Hall–Kier alpha value is -2.05. The topological polar surface area (TPSA) is 44.6 Å². The Labute approximate surface area is 171 Å². The average molecular weight is 402 g/mol. The van der Waals surface area contributed by atoms with Gasteiger partial charge in [0.25, 0.3) is 5.91 Å². The van der Waals surface area contributed by atoms with Crippen LogP contribution < -0.4 is 4.90 Å². The summed E-state index contributed by atoms with van der Waals surface area (Å²) in [6.45, 7) is 11.3. The largest absolute Gasteiger partial charge is 0.368 e. The second-order valence-electron chi connectivity index (χ2n) is 8.12.